The van der Waals surface area contributed by atoms with Crippen LogP contribution in [0.4, 0.5) is 8.78 Å². The first-order valence-corrected chi connectivity index (χ1v) is 13.8. The third-order valence-corrected chi connectivity index (χ3v) is 7.61. The van der Waals surface area contributed by atoms with Crippen LogP contribution >= 0.6 is 0 Å². The summed E-state index contributed by atoms with van der Waals surface area (Å²) in [4.78, 5) is 29.3. The number of aromatic amines is 2. The summed E-state index contributed by atoms with van der Waals surface area (Å²) in [7, 11) is 0. The van der Waals surface area contributed by atoms with Crippen molar-refractivity contribution in [2.24, 2.45) is 0 Å². The highest BCUT2D eigenvalue weighted by Crippen LogP contribution is 2.34. The van der Waals surface area contributed by atoms with Crippen molar-refractivity contribution in [3.05, 3.63) is 176 Å². The molecule has 0 bridgehead atoms. The van der Waals surface area contributed by atoms with E-state index in [1.807, 2.05) is 48.5 Å². The van der Waals surface area contributed by atoms with Crippen LogP contribution in [0.25, 0.3) is 22.3 Å². The number of pyridine rings is 2. The first kappa shape index (κ1) is 28.4. The van der Waals surface area contributed by atoms with Gasteiger partial charge in [-0.15, -0.1) is 0 Å². The zero-order chi connectivity index (χ0) is 30.8. The van der Waals surface area contributed by atoms with Crippen LogP contribution in [-0.4, -0.2) is 20.2 Å². The van der Waals surface area contributed by atoms with Crippen molar-refractivity contribution in [2.45, 2.75) is 12.3 Å². The number of hydrogen-bond donors (Lipinski definition) is 4. The predicted molar refractivity (Wildman–Crippen MR) is 165 cm³/mol. The molecule has 1 atom stereocenters. The van der Waals surface area contributed by atoms with Gasteiger partial charge in [-0.2, -0.15) is 0 Å². The standard InChI is InChI=1S/C36H26F2N2O4/c37-28-13-9-24(10-14-28)30-19-33(42)36(44)40-31(30)17-21-1-3-22(4-2-21)23-5-7-25(8-6-23)34(26-11-15-29(38)16-12-26)27-18-32(41)35(43)39-20-27/h1-16,18-20,34,41-42H,17H2,(H,39,43)(H,40,44). The van der Waals surface area contributed by atoms with Crippen LogP contribution in [0.2, 0.25) is 0 Å². The van der Waals surface area contributed by atoms with E-state index in [9.17, 15) is 28.6 Å². The normalized spacial score (nSPS) is 11.8. The molecule has 0 radical (unpaired) electrons. The summed E-state index contributed by atoms with van der Waals surface area (Å²) >= 11 is 0. The fourth-order valence-electron chi connectivity index (χ4n) is 5.36. The maximum absolute atomic E-state index is 13.7. The van der Waals surface area contributed by atoms with Gasteiger partial charge in [0.05, 0.1) is 0 Å². The largest absolute Gasteiger partial charge is 0.503 e. The second kappa shape index (κ2) is 11.9. The Morgan fingerprint density at radius 1 is 0.591 bits per heavy atom. The Kier molecular flexibility index (Phi) is 7.64. The number of halogens is 2. The Morgan fingerprint density at radius 2 is 1.09 bits per heavy atom. The van der Waals surface area contributed by atoms with Gasteiger partial charge in [0.25, 0.3) is 11.1 Å². The Bertz CT molecular complexity index is 2050. The monoisotopic (exact) mass is 588 g/mol. The molecule has 2 heterocycles. The van der Waals surface area contributed by atoms with E-state index in [-0.39, 0.29) is 17.6 Å². The molecule has 0 fully saturated rings. The van der Waals surface area contributed by atoms with E-state index >= 15 is 0 Å². The van der Waals surface area contributed by atoms with Gasteiger partial charge >= 0.3 is 0 Å². The number of hydrogen-bond acceptors (Lipinski definition) is 4. The zero-order valence-electron chi connectivity index (χ0n) is 23.2. The van der Waals surface area contributed by atoms with E-state index in [4.69, 9.17) is 0 Å². The molecular formula is C36H26F2N2O4. The van der Waals surface area contributed by atoms with Crippen molar-refractivity contribution >= 4 is 0 Å². The van der Waals surface area contributed by atoms with Gasteiger partial charge in [0.15, 0.2) is 11.5 Å². The summed E-state index contributed by atoms with van der Waals surface area (Å²) in [5, 5.41) is 20.1. The smallest absolute Gasteiger partial charge is 0.290 e. The average molecular weight is 589 g/mol. The van der Waals surface area contributed by atoms with Gasteiger partial charge in [-0.25, -0.2) is 8.78 Å². The molecule has 44 heavy (non-hydrogen) atoms. The number of benzene rings is 4. The Labute approximate surface area is 250 Å². The first-order valence-electron chi connectivity index (χ1n) is 13.8. The van der Waals surface area contributed by atoms with Crippen LogP contribution in [0.15, 0.2) is 125 Å². The molecule has 218 valence electrons. The molecule has 0 saturated heterocycles. The third-order valence-electron chi connectivity index (χ3n) is 7.61. The second-order valence-corrected chi connectivity index (χ2v) is 10.5. The molecular weight excluding hydrogens is 562 g/mol. The fraction of sp³-hybridized carbons (Fsp3) is 0.0556. The van der Waals surface area contributed by atoms with Crippen LogP contribution < -0.4 is 11.1 Å². The van der Waals surface area contributed by atoms with Gasteiger partial charge in [-0.1, -0.05) is 72.8 Å². The molecule has 0 spiro atoms. The van der Waals surface area contributed by atoms with Crippen LogP contribution in [0, 0.1) is 11.6 Å². The van der Waals surface area contributed by atoms with E-state index in [2.05, 4.69) is 9.97 Å². The minimum Gasteiger partial charge on any atom is -0.503 e. The number of aromatic nitrogens is 2. The lowest BCUT2D eigenvalue weighted by molar-refractivity contribution is 0.465. The van der Waals surface area contributed by atoms with E-state index < -0.39 is 22.6 Å². The maximum Gasteiger partial charge on any atom is 0.290 e. The van der Waals surface area contributed by atoms with E-state index in [1.165, 1.54) is 36.4 Å². The molecule has 8 heteroatoms. The molecule has 6 aromatic rings. The Balaban J connectivity index is 1.28. The minimum atomic E-state index is -0.599. The summed E-state index contributed by atoms with van der Waals surface area (Å²) < 4.78 is 27.2. The van der Waals surface area contributed by atoms with Gasteiger partial charge in [0.2, 0.25) is 0 Å². The summed E-state index contributed by atoms with van der Waals surface area (Å²) in [6.45, 7) is 0. The summed E-state index contributed by atoms with van der Waals surface area (Å²) in [5.41, 5.74) is 5.83. The van der Waals surface area contributed by atoms with Gasteiger partial charge in [-0.05, 0) is 75.3 Å². The molecule has 4 N–H and O–H groups in total. The van der Waals surface area contributed by atoms with Crippen molar-refractivity contribution in [3.8, 4) is 33.8 Å². The summed E-state index contributed by atoms with van der Waals surface area (Å²) in [6, 6.07) is 30.5. The minimum absolute atomic E-state index is 0.362. The molecule has 6 rings (SSSR count). The van der Waals surface area contributed by atoms with Gasteiger partial charge in [0, 0.05) is 29.8 Å². The highest BCUT2D eigenvalue weighted by atomic mass is 19.1. The van der Waals surface area contributed by atoms with Gasteiger partial charge in [0.1, 0.15) is 11.6 Å². The lowest BCUT2D eigenvalue weighted by Gasteiger charge is -2.19. The second-order valence-electron chi connectivity index (χ2n) is 10.5. The molecule has 0 aliphatic rings. The Morgan fingerprint density at radius 3 is 1.68 bits per heavy atom. The molecule has 0 aliphatic carbocycles. The van der Waals surface area contributed by atoms with Crippen LogP contribution in [0.5, 0.6) is 11.5 Å². The predicted octanol–water partition coefficient (Wildman–Crippen LogP) is 6.86. The molecule has 1 unspecified atom stereocenters. The van der Waals surface area contributed by atoms with Crippen LogP contribution in [0.3, 0.4) is 0 Å². The SMILES string of the molecule is O=c1[nH]cc(C(c2ccc(F)cc2)c2ccc(-c3ccc(Cc4[nH]c(=O)c(O)cc4-c4ccc(F)cc4)cc3)cc2)cc1O. The molecule has 6 nitrogen and oxygen atoms in total. The van der Waals surface area contributed by atoms with Gasteiger partial charge in [-0.3, -0.25) is 9.59 Å². The lowest BCUT2D eigenvalue weighted by Crippen LogP contribution is -2.10. The van der Waals surface area contributed by atoms with Gasteiger partial charge < -0.3 is 20.2 Å². The summed E-state index contributed by atoms with van der Waals surface area (Å²) in [6.07, 6.45) is 1.93. The topological polar surface area (TPSA) is 106 Å². The molecule has 0 amide bonds. The zero-order valence-corrected chi connectivity index (χ0v) is 23.2. The fourth-order valence-corrected chi connectivity index (χ4v) is 5.36. The average Bonchev–Trinajstić information content (AvgIpc) is 3.03. The van der Waals surface area contributed by atoms with Crippen molar-refractivity contribution in [1.82, 2.24) is 9.97 Å². The summed E-state index contributed by atoms with van der Waals surface area (Å²) in [5.74, 6) is -1.91. The first-order chi connectivity index (χ1) is 21.2. The molecule has 2 aromatic heterocycles. The number of rotatable bonds is 7. The molecule has 0 saturated carbocycles. The number of nitrogens with one attached hydrogen (secondary N) is 2. The quantitative estimate of drug-likeness (QED) is 0.164. The number of H-pyrrole nitrogens is 2. The number of aromatic hydroxyl groups is 2. The highest BCUT2D eigenvalue weighted by Gasteiger charge is 2.19. The van der Waals surface area contributed by atoms with Crippen LogP contribution in [-0.2, 0) is 6.42 Å². The van der Waals surface area contributed by atoms with E-state index in [0.29, 0.717) is 28.8 Å². The van der Waals surface area contributed by atoms with Crippen molar-refractivity contribution in [3.63, 3.8) is 0 Å². The molecule has 0 aliphatic heterocycles. The van der Waals surface area contributed by atoms with Crippen molar-refractivity contribution < 1.29 is 19.0 Å². The van der Waals surface area contributed by atoms with Crippen molar-refractivity contribution in [2.75, 3.05) is 0 Å². The van der Waals surface area contributed by atoms with E-state index in [0.717, 1.165) is 27.8 Å². The highest BCUT2D eigenvalue weighted by molar-refractivity contribution is 5.68. The Hall–Kier alpha value is -5.76. The third kappa shape index (κ3) is 5.91. The van der Waals surface area contributed by atoms with Crippen molar-refractivity contribution in [1.29, 1.82) is 0 Å². The molecule has 4 aromatic carbocycles. The van der Waals surface area contributed by atoms with E-state index in [1.54, 1.807) is 30.5 Å². The maximum atomic E-state index is 13.7. The van der Waals surface area contributed by atoms with Crippen LogP contribution in [0.1, 0.15) is 33.9 Å². The lowest BCUT2D eigenvalue weighted by atomic mass is 9.85.